The molecule has 0 aromatic heterocycles. The van der Waals surface area contributed by atoms with Crippen molar-refractivity contribution in [2.45, 2.75) is 36.4 Å². The smallest absolute Gasteiger partial charge is 0.261 e. The standard InChI is InChI=1S/C31H24F5NO4S/c32-25-24(26(33)28(35)29(36)27(25)34)30(39)37-20-12-10-19(11-13-20)31-40-21(16-42-22-4-2-1-3-5-22)14-23(41-31)18-8-6-17(15-38)7-9-18/h1-13,21,23,31,38H,14-16H2,(H,37,39)/t21-,23+,31+/m0/s1. The van der Waals surface area contributed by atoms with Crippen LogP contribution in [-0.4, -0.2) is 22.9 Å². The molecule has 1 aliphatic heterocycles. The van der Waals surface area contributed by atoms with Gasteiger partial charge in [0.15, 0.2) is 29.6 Å². The van der Waals surface area contributed by atoms with Crippen LogP contribution in [0, 0.1) is 29.1 Å². The van der Waals surface area contributed by atoms with E-state index in [9.17, 15) is 31.9 Å². The molecule has 2 N–H and O–H groups in total. The third-order valence-corrected chi connectivity index (χ3v) is 7.82. The molecule has 42 heavy (non-hydrogen) atoms. The van der Waals surface area contributed by atoms with Crippen LogP contribution in [0.5, 0.6) is 0 Å². The minimum atomic E-state index is -2.35. The Labute approximate surface area is 242 Å². The largest absolute Gasteiger partial charge is 0.392 e. The highest BCUT2D eigenvalue weighted by atomic mass is 32.2. The molecule has 1 fully saturated rings. The fourth-order valence-electron chi connectivity index (χ4n) is 4.45. The van der Waals surface area contributed by atoms with Gasteiger partial charge in [-0.1, -0.05) is 54.6 Å². The van der Waals surface area contributed by atoms with Crippen LogP contribution in [0.2, 0.25) is 0 Å². The minimum absolute atomic E-state index is 0.0517. The summed E-state index contributed by atoms with van der Waals surface area (Å²) >= 11 is 1.64. The molecule has 4 aromatic carbocycles. The molecule has 0 saturated carbocycles. The SMILES string of the molecule is O=C(Nc1ccc([C@@H]2O[C@H](CSc3ccccc3)C[C@H](c3ccc(CO)cc3)O2)cc1)c1c(F)c(F)c(F)c(F)c1F. The quantitative estimate of drug-likeness (QED) is 0.0950. The number of carbonyl (C=O) groups is 1. The van der Waals surface area contributed by atoms with Crippen molar-refractivity contribution in [3.63, 3.8) is 0 Å². The number of rotatable bonds is 8. The lowest BCUT2D eigenvalue weighted by molar-refractivity contribution is -0.245. The normalized spacial score (nSPS) is 18.6. The Morgan fingerprint density at radius 2 is 1.38 bits per heavy atom. The number of thioether (sulfide) groups is 1. The maximum atomic E-state index is 14.1. The van der Waals surface area contributed by atoms with Crippen LogP contribution in [0.1, 0.15) is 45.9 Å². The van der Waals surface area contributed by atoms with Gasteiger partial charge in [-0.2, -0.15) is 0 Å². The molecule has 0 unspecified atom stereocenters. The molecule has 1 heterocycles. The zero-order valence-electron chi connectivity index (χ0n) is 21.8. The Hall–Kier alpha value is -3.77. The first-order valence-electron chi connectivity index (χ1n) is 12.9. The Kier molecular flexibility index (Phi) is 9.22. The Balaban J connectivity index is 1.33. The van der Waals surface area contributed by atoms with Crippen molar-refractivity contribution >= 4 is 23.4 Å². The van der Waals surface area contributed by atoms with Crippen molar-refractivity contribution in [1.29, 1.82) is 0 Å². The third kappa shape index (κ3) is 6.49. The van der Waals surface area contributed by atoms with E-state index in [-0.39, 0.29) is 24.5 Å². The second-order valence-electron chi connectivity index (χ2n) is 9.50. The number of nitrogens with one attached hydrogen (secondary N) is 1. The van der Waals surface area contributed by atoms with Crippen molar-refractivity contribution < 1.29 is 41.3 Å². The van der Waals surface area contributed by atoms with E-state index in [2.05, 4.69) is 5.32 Å². The van der Waals surface area contributed by atoms with Gasteiger partial charge in [-0.15, -0.1) is 11.8 Å². The van der Waals surface area contributed by atoms with E-state index in [1.165, 1.54) is 12.1 Å². The molecular weight excluding hydrogens is 577 g/mol. The average Bonchev–Trinajstić information content (AvgIpc) is 3.02. The molecule has 4 aromatic rings. The van der Waals surface area contributed by atoms with Gasteiger partial charge in [-0.25, -0.2) is 22.0 Å². The number of amides is 1. The lowest BCUT2D eigenvalue weighted by Gasteiger charge is -2.36. The fraction of sp³-hybridized carbons (Fsp3) is 0.194. The first kappa shape index (κ1) is 29.7. The minimum Gasteiger partial charge on any atom is -0.392 e. The van der Waals surface area contributed by atoms with Crippen LogP contribution in [0.15, 0.2) is 83.8 Å². The van der Waals surface area contributed by atoms with Gasteiger partial charge in [-0.3, -0.25) is 4.79 Å². The van der Waals surface area contributed by atoms with Gasteiger partial charge < -0.3 is 19.9 Å². The number of aliphatic hydroxyl groups is 1. The van der Waals surface area contributed by atoms with Gasteiger partial charge in [0.05, 0.1) is 18.8 Å². The predicted molar refractivity (Wildman–Crippen MR) is 146 cm³/mol. The molecule has 3 atom stereocenters. The van der Waals surface area contributed by atoms with Gasteiger partial charge in [0.2, 0.25) is 5.82 Å². The highest BCUT2D eigenvalue weighted by Crippen LogP contribution is 2.39. The van der Waals surface area contributed by atoms with E-state index < -0.39 is 46.8 Å². The maximum Gasteiger partial charge on any atom is 0.261 e. The summed E-state index contributed by atoms with van der Waals surface area (Å²) in [5.41, 5.74) is 0.721. The number of hydrogen-bond acceptors (Lipinski definition) is 5. The Bertz CT molecular complexity index is 1530. The second kappa shape index (κ2) is 13.0. The van der Waals surface area contributed by atoms with Gasteiger partial charge >= 0.3 is 0 Å². The van der Waals surface area contributed by atoms with Crippen LogP contribution in [-0.2, 0) is 16.1 Å². The highest BCUT2D eigenvalue weighted by Gasteiger charge is 2.33. The molecule has 1 saturated heterocycles. The number of halogens is 5. The molecule has 0 bridgehead atoms. The van der Waals surface area contributed by atoms with Gasteiger partial charge in [-0.05, 0) is 35.4 Å². The molecule has 5 rings (SSSR count). The topological polar surface area (TPSA) is 67.8 Å². The third-order valence-electron chi connectivity index (χ3n) is 6.67. The van der Waals surface area contributed by atoms with Crippen molar-refractivity contribution in [1.82, 2.24) is 0 Å². The summed E-state index contributed by atoms with van der Waals surface area (Å²) in [5, 5.41) is 11.5. The van der Waals surface area contributed by atoms with E-state index >= 15 is 0 Å². The molecule has 5 nitrogen and oxygen atoms in total. The molecule has 0 spiro atoms. The fourth-order valence-corrected chi connectivity index (χ4v) is 5.39. The second-order valence-corrected chi connectivity index (χ2v) is 10.6. The van der Waals surface area contributed by atoms with Gasteiger partial charge in [0.1, 0.15) is 5.56 Å². The van der Waals surface area contributed by atoms with Crippen LogP contribution < -0.4 is 5.32 Å². The Morgan fingerprint density at radius 1 is 0.786 bits per heavy atom. The number of anilines is 1. The van der Waals surface area contributed by atoms with Crippen molar-refractivity contribution in [2.24, 2.45) is 0 Å². The van der Waals surface area contributed by atoms with Crippen molar-refractivity contribution in [2.75, 3.05) is 11.1 Å². The summed E-state index contributed by atoms with van der Waals surface area (Å²) < 4.78 is 81.1. The molecule has 1 amide bonds. The highest BCUT2D eigenvalue weighted by molar-refractivity contribution is 7.99. The van der Waals surface area contributed by atoms with Crippen molar-refractivity contribution in [3.05, 3.63) is 130 Å². The van der Waals surface area contributed by atoms with Crippen molar-refractivity contribution in [3.8, 4) is 0 Å². The summed E-state index contributed by atoms with van der Waals surface area (Å²) in [6, 6.07) is 23.2. The monoisotopic (exact) mass is 601 g/mol. The van der Waals surface area contributed by atoms with Crippen LogP contribution in [0.3, 0.4) is 0 Å². The molecule has 0 aliphatic carbocycles. The van der Waals surface area contributed by atoms with E-state index in [1.807, 2.05) is 54.6 Å². The Morgan fingerprint density at radius 3 is 2.00 bits per heavy atom. The van der Waals surface area contributed by atoms with Crippen LogP contribution in [0.4, 0.5) is 27.6 Å². The van der Waals surface area contributed by atoms with Crippen LogP contribution >= 0.6 is 11.8 Å². The number of ether oxygens (including phenoxy) is 2. The molecular formula is C31H24F5NO4S. The molecule has 0 radical (unpaired) electrons. The summed E-state index contributed by atoms with van der Waals surface area (Å²) in [6.45, 7) is -0.0823. The molecule has 218 valence electrons. The summed E-state index contributed by atoms with van der Waals surface area (Å²) in [7, 11) is 0. The zero-order chi connectivity index (χ0) is 29.8. The average molecular weight is 602 g/mol. The molecule has 1 aliphatic rings. The maximum absolute atomic E-state index is 14.1. The lowest BCUT2D eigenvalue weighted by atomic mass is 10.0. The number of aliphatic hydroxyl groups excluding tert-OH is 1. The van der Waals surface area contributed by atoms with Crippen LogP contribution in [0.25, 0.3) is 0 Å². The van der Waals surface area contributed by atoms with Gasteiger partial charge in [0.25, 0.3) is 5.91 Å². The van der Waals surface area contributed by atoms with E-state index in [1.54, 1.807) is 23.9 Å². The number of carbonyl (C=O) groups excluding carboxylic acids is 1. The van der Waals surface area contributed by atoms with Gasteiger partial charge in [0, 0.05) is 28.3 Å². The number of hydrogen-bond donors (Lipinski definition) is 2. The van der Waals surface area contributed by atoms with E-state index in [0.29, 0.717) is 17.7 Å². The summed E-state index contributed by atoms with van der Waals surface area (Å²) in [4.78, 5) is 13.5. The lowest BCUT2D eigenvalue weighted by Crippen LogP contribution is -2.31. The number of benzene rings is 4. The molecule has 11 heteroatoms. The predicted octanol–water partition coefficient (Wildman–Crippen LogP) is 7.46. The summed E-state index contributed by atoms with van der Waals surface area (Å²) in [5.74, 6) is -12.1. The zero-order valence-corrected chi connectivity index (χ0v) is 22.6. The van der Waals surface area contributed by atoms with E-state index in [4.69, 9.17) is 9.47 Å². The van der Waals surface area contributed by atoms with E-state index in [0.717, 1.165) is 16.0 Å². The first-order chi connectivity index (χ1) is 20.2. The summed E-state index contributed by atoms with van der Waals surface area (Å²) in [6.07, 6.45) is -0.760. The first-order valence-corrected chi connectivity index (χ1v) is 13.8.